The number of hydrogen-bond acceptors (Lipinski definition) is 10. The zero-order chi connectivity index (χ0) is 13.0. The predicted octanol–water partition coefficient (Wildman–Crippen LogP) is -4.51. The Labute approximate surface area is 97.2 Å². The maximum absolute atomic E-state index is 8.25. The molecular weight excluding hydrogens is 254 g/mol. The fourth-order valence-electron chi connectivity index (χ4n) is 0.815. The first-order valence-electron chi connectivity index (χ1n) is 3.80. The number of H-pyrrole nitrogens is 1. The highest BCUT2D eigenvalue weighted by atomic mass is 16.9. The van der Waals surface area contributed by atoms with Gasteiger partial charge in [0.15, 0.2) is 0 Å². The molecule has 0 unspecified atom stereocenters. The third kappa shape index (κ3) is 3.13. The molecule has 0 aromatic carbocycles. The van der Waals surface area contributed by atoms with Gasteiger partial charge in [0.1, 0.15) is 0 Å². The Balaban J connectivity index is 0.000000512. The Hall–Kier alpha value is -3.23. The van der Waals surface area contributed by atoms with E-state index in [1.165, 1.54) is 4.68 Å². The lowest BCUT2D eigenvalue weighted by Crippen LogP contribution is -2.48. The second-order valence-electron chi connectivity index (χ2n) is 2.43. The Morgan fingerprint density at radius 2 is 1.94 bits per heavy atom. The Morgan fingerprint density at radius 1 is 1.39 bits per heavy atom. The van der Waals surface area contributed by atoms with Crippen LogP contribution in [0.15, 0.2) is 0 Å². The van der Waals surface area contributed by atoms with E-state index < -0.39 is 5.09 Å². The second kappa shape index (κ2) is 5.75. The third-order valence-corrected chi connectivity index (χ3v) is 1.44. The highest BCUT2D eigenvalue weighted by Gasteiger charge is 2.20. The fourth-order valence-corrected chi connectivity index (χ4v) is 0.815. The summed E-state index contributed by atoms with van der Waals surface area (Å²) < 4.78 is 2.18. The van der Waals surface area contributed by atoms with Crippen LogP contribution in [0, 0.1) is 15.3 Å². The Morgan fingerprint density at radius 3 is 2.28 bits per heavy atom. The first-order chi connectivity index (χ1) is 7.93. The summed E-state index contributed by atoms with van der Waals surface area (Å²) in [6.07, 6.45) is 0. The van der Waals surface area contributed by atoms with E-state index in [9.17, 15) is 0 Å². The van der Waals surface area contributed by atoms with Crippen LogP contribution in [0.2, 0.25) is 0 Å². The van der Waals surface area contributed by atoms with Crippen molar-refractivity contribution in [3.63, 3.8) is 0 Å². The quantitative estimate of drug-likeness (QED) is 0.166. The number of anilines is 2. The van der Waals surface area contributed by atoms with E-state index in [1.54, 1.807) is 0 Å². The molecule has 9 N–H and O–H groups in total. The van der Waals surface area contributed by atoms with Crippen LogP contribution in [0.4, 0.5) is 11.9 Å². The molecule has 15 nitrogen and oxygen atoms in total. The molecule has 0 saturated carbocycles. The van der Waals surface area contributed by atoms with E-state index in [0.717, 1.165) is 4.68 Å². The number of aromatic nitrogens is 7. The van der Waals surface area contributed by atoms with Gasteiger partial charge in [0.25, 0.3) is 0 Å². The minimum Gasteiger partial charge on any atom is -0.412 e. The summed E-state index contributed by atoms with van der Waals surface area (Å²) in [4.78, 5) is 8.25. The van der Waals surface area contributed by atoms with Gasteiger partial charge in [-0.15, -0.1) is 9.77 Å². The number of rotatable bonds is 1. The summed E-state index contributed by atoms with van der Waals surface area (Å²) in [6, 6.07) is 0. The highest BCUT2D eigenvalue weighted by Crippen LogP contribution is 2.01. The number of nitrogen functional groups attached to an aromatic ring is 3. The van der Waals surface area contributed by atoms with Gasteiger partial charge in [-0.05, 0) is 5.21 Å². The monoisotopic (exact) mass is 263 g/mol. The second-order valence-corrected chi connectivity index (χ2v) is 2.43. The average Bonchev–Trinajstić information content (AvgIpc) is 2.82. The molecule has 2 aromatic rings. The number of tetrazole rings is 1. The lowest BCUT2D eigenvalue weighted by molar-refractivity contribution is -0.608. The van der Waals surface area contributed by atoms with Crippen molar-refractivity contribution in [2.45, 2.75) is 0 Å². The normalized spacial score (nSPS) is 8.89. The molecule has 0 aliphatic heterocycles. The van der Waals surface area contributed by atoms with Crippen molar-refractivity contribution in [2.75, 3.05) is 17.3 Å². The lowest BCUT2D eigenvalue weighted by Gasteiger charge is -1.88. The van der Waals surface area contributed by atoms with E-state index in [2.05, 4.69) is 25.7 Å². The Bertz CT molecular complexity index is 499. The molecule has 0 saturated heterocycles. The summed E-state index contributed by atoms with van der Waals surface area (Å²) in [6.45, 7) is 0. The topological polar surface area (TPSA) is 252 Å². The van der Waals surface area contributed by atoms with Gasteiger partial charge < -0.3 is 38.1 Å². The molecule has 2 heterocycles. The van der Waals surface area contributed by atoms with Crippen molar-refractivity contribution in [3.8, 4) is 5.95 Å². The molecule has 18 heavy (non-hydrogen) atoms. The highest BCUT2D eigenvalue weighted by molar-refractivity contribution is 5.23. The van der Waals surface area contributed by atoms with E-state index in [1.807, 2.05) is 0 Å². The third-order valence-electron chi connectivity index (χ3n) is 1.44. The van der Waals surface area contributed by atoms with Crippen LogP contribution in [0.25, 0.3) is 5.95 Å². The predicted molar refractivity (Wildman–Crippen MR) is 54.4 cm³/mol. The van der Waals surface area contributed by atoms with Gasteiger partial charge in [-0.25, -0.2) is 0 Å². The fraction of sp³-hybridized carbons (Fsp3) is 0. The van der Waals surface area contributed by atoms with Gasteiger partial charge in [0.2, 0.25) is 0 Å². The average molecular weight is 263 g/mol. The zero-order valence-electron chi connectivity index (χ0n) is 8.59. The van der Waals surface area contributed by atoms with Crippen molar-refractivity contribution in [2.24, 2.45) is 0 Å². The summed E-state index contributed by atoms with van der Waals surface area (Å²) in [5.74, 6) is 5.75. The van der Waals surface area contributed by atoms with Gasteiger partial charge in [-0.2, -0.15) is 5.21 Å². The van der Waals surface area contributed by atoms with E-state index in [-0.39, 0.29) is 23.3 Å². The van der Waals surface area contributed by atoms with Gasteiger partial charge in [-0.3, -0.25) is 0 Å². The van der Waals surface area contributed by atoms with Crippen LogP contribution in [0.3, 0.4) is 0 Å². The van der Waals surface area contributed by atoms with Crippen LogP contribution in [0.5, 0.6) is 0 Å². The van der Waals surface area contributed by atoms with Crippen LogP contribution < -0.4 is 22.0 Å². The zero-order valence-corrected chi connectivity index (χ0v) is 8.59. The smallest absolute Gasteiger partial charge is 0.367 e. The molecule has 0 radical (unpaired) electrons. The lowest BCUT2D eigenvalue weighted by atomic mass is 10.9. The maximum atomic E-state index is 8.25. The number of hydrogen-bond donors (Lipinski definition) is 4. The molecule has 2 aromatic heterocycles. The van der Waals surface area contributed by atoms with Crippen molar-refractivity contribution in [1.82, 2.24) is 30.4 Å². The standard InChI is InChI=1S/C3H6N10.NO3.H2O/c4-1-9-13(2(5)12(1)6)3-7-10-11-8-3;2-1(3)4;/h5H,6H2,(H3,4,7,8,9,10,11);;1H2/q;-1;/p+1. The molecule has 0 bridgehead atoms. The minimum atomic E-state index is -1.75. The van der Waals surface area contributed by atoms with Gasteiger partial charge in [0.05, 0.1) is 5.09 Å². The number of nitrogens with two attached hydrogens (primary N) is 3. The molecule has 0 amide bonds. The van der Waals surface area contributed by atoms with Crippen molar-refractivity contribution in [1.29, 1.82) is 0 Å². The first-order valence-corrected chi connectivity index (χ1v) is 3.80. The summed E-state index contributed by atoms with van der Waals surface area (Å²) in [5.41, 5.74) is 10.9. The maximum Gasteiger partial charge on any atom is 0.367 e. The number of aromatic amines is 1. The molecule has 0 aliphatic rings. The van der Waals surface area contributed by atoms with Crippen LogP contribution >= 0.6 is 0 Å². The van der Waals surface area contributed by atoms with Crippen molar-refractivity contribution in [3.05, 3.63) is 15.3 Å². The van der Waals surface area contributed by atoms with E-state index in [0.29, 0.717) is 0 Å². The first kappa shape index (κ1) is 14.8. The molecule has 0 spiro atoms. The summed E-state index contributed by atoms with van der Waals surface area (Å²) >= 11 is 0. The largest absolute Gasteiger partial charge is 0.412 e. The molecule has 100 valence electrons. The molecule has 2 rings (SSSR count). The SMILES string of the molecule is Nc1nn(-c2nn[nH]n2)c(N)[n+]1N.O.O=[N+]([O-])[O-]. The molecule has 0 fully saturated rings. The minimum absolute atomic E-state index is 0. The molecule has 0 aliphatic carbocycles. The van der Waals surface area contributed by atoms with Gasteiger partial charge in [-0.1, -0.05) is 9.78 Å². The molecular formula is C3H9N11O4. The van der Waals surface area contributed by atoms with Crippen LogP contribution in [0.1, 0.15) is 0 Å². The number of nitrogens with zero attached hydrogens (tertiary/aromatic N) is 7. The molecule has 0 atom stereocenters. The van der Waals surface area contributed by atoms with Gasteiger partial charge in [0, 0.05) is 5.10 Å². The molecule has 15 heteroatoms. The summed E-state index contributed by atoms with van der Waals surface area (Å²) in [7, 11) is 0. The Kier molecular flexibility index (Phi) is 4.71. The van der Waals surface area contributed by atoms with E-state index >= 15 is 0 Å². The van der Waals surface area contributed by atoms with Crippen LogP contribution in [-0.2, 0) is 0 Å². The van der Waals surface area contributed by atoms with E-state index in [4.69, 9.17) is 32.6 Å². The number of nitrogens with one attached hydrogen (secondary N) is 1. The summed E-state index contributed by atoms with van der Waals surface area (Å²) in [5, 5.41) is 31.4. The van der Waals surface area contributed by atoms with Crippen molar-refractivity contribution >= 4 is 11.9 Å². The van der Waals surface area contributed by atoms with Crippen LogP contribution in [-0.4, -0.2) is 41.0 Å². The van der Waals surface area contributed by atoms with Gasteiger partial charge >= 0.3 is 17.8 Å². The van der Waals surface area contributed by atoms with Crippen molar-refractivity contribution < 1.29 is 15.2 Å².